The molecule has 1 atom stereocenters. The number of nitrogen functional groups attached to an aromatic ring is 1. The van der Waals surface area contributed by atoms with Crippen LogP contribution in [0, 0.1) is 10.8 Å². The Hall–Kier alpha value is -3.59. The van der Waals surface area contributed by atoms with Crippen molar-refractivity contribution < 1.29 is 23.8 Å². The van der Waals surface area contributed by atoms with Gasteiger partial charge in [-0.05, 0) is 41.1 Å². The smallest absolute Gasteiger partial charge is 0.370 e. The fraction of sp³-hybridized carbons (Fsp3) is 0.250. The number of likely N-dealkylation sites (tertiary alicyclic amines) is 1. The Morgan fingerprint density at radius 2 is 1.57 bits per heavy atom. The second-order valence-electron chi connectivity index (χ2n) is 8.46. The van der Waals surface area contributed by atoms with Crippen molar-refractivity contribution in [2.75, 3.05) is 13.1 Å². The minimum absolute atomic E-state index is 0.0252. The molecule has 0 aliphatic carbocycles. The van der Waals surface area contributed by atoms with E-state index in [1.165, 1.54) is 0 Å². The third-order valence-corrected chi connectivity index (χ3v) is 6.94. The van der Waals surface area contributed by atoms with Gasteiger partial charge in [0.1, 0.15) is 23.4 Å². The van der Waals surface area contributed by atoms with Gasteiger partial charge in [0.05, 0.1) is 0 Å². The van der Waals surface area contributed by atoms with E-state index in [-0.39, 0.29) is 23.6 Å². The molecule has 3 aromatic rings. The lowest BCUT2D eigenvalue weighted by Crippen LogP contribution is -2.44. The van der Waals surface area contributed by atoms with Gasteiger partial charge in [0.15, 0.2) is 5.96 Å². The highest BCUT2D eigenvalue weighted by atomic mass is 31.2. The number of nitrogens with one attached hydrogen (secondary N) is 2. The number of benzene rings is 3. The topological polar surface area (TPSA) is 179 Å². The van der Waals surface area contributed by atoms with Gasteiger partial charge < -0.3 is 35.6 Å². The van der Waals surface area contributed by atoms with Crippen molar-refractivity contribution in [3.8, 4) is 11.5 Å². The van der Waals surface area contributed by atoms with E-state index in [0.717, 1.165) is 23.6 Å². The lowest BCUT2D eigenvalue weighted by molar-refractivity contribution is 0.130. The van der Waals surface area contributed by atoms with Crippen LogP contribution in [0.3, 0.4) is 0 Å². The van der Waals surface area contributed by atoms with Crippen molar-refractivity contribution in [3.05, 3.63) is 71.8 Å². The van der Waals surface area contributed by atoms with E-state index in [0.29, 0.717) is 30.0 Å². The highest BCUT2D eigenvalue weighted by molar-refractivity contribution is 7.52. The second-order valence-corrected chi connectivity index (χ2v) is 10.1. The number of amidine groups is 1. The summed E-state index contributed by atoms with van der Waals surface area (Å²) in [6.07, 6.45) is 1.42. The SMILES string of the molecule is N=C(N)c1ccc2ccc(OC(c3ccc(OC4CCN(C(=N)N)CC4)cc3)P(=O)(O)O)cc2c1. The Bertz CT molecular complexity index is 1290. The van der Waals surface area contributed by atoms with E-state index in [2.05, 4.69) is 0 Å². The van der Waals surface area contributed by atoms with Crippen LogP contribution >= 0.6 is 7.60 Å². The predicted octanol–water partition coefficient (Wildman–Crippen LogP) is 3.12. The molecule has 0 saturated carbocycles. The van der Waals surface area contributed by atoms with Crippen molar-refractivity contribution in [1.82, 2.24) is 4.90 Å². The summed E-state index contributed by atoms with van der Waals surface area (Å²) in [6, 6.07) is 16.9. The van der Waals surface area contributed by atoms with E-state index < -0.39 is 13.4 Å². The molecule has 0 bridgehead atoms. The van der Waals surface area contributed by atoms with Gasteiger partial charge in [0.25, 0.3) is 0 Å². The van der Waals surface area contributed by atoms with Crippen molar-refractivity contribution in [1.29, 1.82) is 10.8 Å². The number of nitrogens with zero attached hydrogens (tertiary/aromatic N) is 1. The summed E-state index contributed by atoms with van der Waals surface area (Å²) in [7, 11) is -4.67. The molecule has 1 unspecified atom stereocenters. The average molecular weight is 497 g/mol. The zero-order chi connectivity index (χ0) is 25.2. The fourth-order valence-corrected chi connectivity index (χ4v) is 4.86. The molecule has 8 N–H and O–H groups in total. The first-order valence-corrected chi connectivity index (χ1v) is 12.7. The molecule has 1 aliphatic rings. The van der Waals surface area contributed by atoms with Crippen LogP contribution in [0.2, 0.25) is 0 Å². The zero-order valence-electron chi connectivity index (χ0n) is 18.9. The highest BCUT2D eigenvalue weighted by Gasteiger charge is 2.33. The minimum atomic E-state index is -4.67. The molecule has 35 heavy (non-hydrogen) atoms. The van der Waals surface area contributed by atoms with Gasteiger partial charge in [-0.1, -0.05) is 30.3 Å². The van der Waals surface area contributed by atoms with E-state index in [1.807, 2.05) is 6.07 Å². The van der Waals surface area contributed by atoms with Crippen LogP contribution in [-0.4, -0.2) is 45.7 Å². The third-order valence-electron chi connectivity index (χ3n) is 5.93. The summed E-state index contributed by atoms with van der Waals surface area (Å²) in [5.74, 6) is -0.644. The van der Waals surface area contributed by atoms with Crippen molar-refractivity contribution in [2.45, 2.75) is 24.8 Å². The number of ether oxygens (including phenoxy) is 2. The van der Waals surface area contributed by atoms with Crippen LogP contribution in [0.1, 0.15) is 29.8 Å². The average Bonchev–Trinajstić information content (AvgIpc) is 2.82. The quantitative estimate of drug-likeness (QED) is 0.164. The molecule has 1 fully saturated rings. The molecule has 0 aromatic heterocycles. The van der Waals surface area contributed by atoms with Crippen LogP contribution in [0.15, 0.2) is 60.7 Å². The molecule has 10 nitrogen and oxygen atoms in total. The molecule has 3 aromatic carbocycles. The maximum absolute atomic E-state index is 12.3. The van der Waals surface area contributed by atoms with E-state index in [1.54, 1.807) is 59.5 Å². The molecular formula is C24H28N5O5P. The summed E-state index contributed by atoms with van der Waals surface area (Å²) in [6.45, 7) is 1.29. The molecule has 0 amide bonds. The molecule has 11 heteroatoms. The number of piperidine rings is 1. The summed E-state index contributed by atoms with van der Waals surface area (Å²) >= 11 is 0. The number of hydrogen-bond donors (Lipinski definition) is 6. The Morgan fingerprint density at radius 3 is 2.17 bits per heavy atom. The van der Waals surface area contributed by atoms with Gasteiger partial charge in [-0.15, -0.1) is 0 Å². The van der Waals surface area contributed by atoms with Crippen LogP contribution in [0.4, 0.5) is 0 Å². The second kappa shape index (κ2) is 9.95. The highest BCUT2D eigenvalue weighted by Crippen LogP contribution is 2.52. The number of fused-ring (bicyclic) bond motifs is 1. The van der Waals surface area contributed by atoms with Gasteiger partial charge >= 0.3 is 7.60 Å². The molecule has 1 saturated heterocycles. The Balaban J connectivity index is 1.50. The van der Waals surface area contributed by atoms with Gasteiger partial charge in [-0.2, -0.15) is 0 Å². The Kier molecular flexibility index (Phi) is 6.98. The Labute approximate surface area is 202 Å². The van der Waals surface area contributed by atoms with Crippen LogP contribution in [-0.2, 0) is 4.57 Å². The van der Waals surface area contributed by atoms with Crippen LogP contribution < -0.4 is 20.9 Å². The van der Waals surface area contributed by atoms with Crippen LogP contribution in [0.25, 0.3) is 10.8 Å². The molecule has 0 radical (unpaired) electrons. The maximum atomic E-state index is 12.3. The van der Waals surface area contributed by atoms with Gasteiger partial charge in [-0.25, -0.2) is 0 Å². The van der Waals surface area contributed by atoms with E-state index >= 15 is 0 Å². The standard InChI is InChI=1S/C24H28N5O5P/c25-22(26)17-2-1-15-3-8-21(14-18(15)13-17)34-23(35(30,31)32)16-4-6-19(7-5-16)33-20-9-11-29(12-10-20)24(27)28/h1-8,13-14,20,23H,9-12H2,(H3,25,26)(H3,27,28)(H2,30,31,32). The Morgan fingerprint density at radius 1 is 0.943 bits per heavy atom. The van der Waals surface area contributed by atoms with Gasteiger partial charge in [0, 0.05) is 37.1 Å². The summed E-state index contributed by atoms with van der Waals surface area (Å²) in [5, 5.41) is 16.7. The molecule has 184 valence electrons. The van der Waals surface area contributed by atoms with Crippen molar-refractivity contribution in [3.63, 3.8) is 0 Å². The molecular weight excluding hydrogens is 469 g/mol. The predicted molar refractivity (Wildman–Crippen MR) is 134 cm³/mol. The lowest BCUT2D eigenvalue weighted by Gasteiger charge is -2.32. The molecule has 0 spiro atoms. The van der Waals surface area contributed by atoms with Gasteiger partial charge in [0.2, 0.25) is 5.85 Å². The maximum Gasteiger partial charge on any atom is 0.370 e. The monoisotopic (exact) mass is 497 g/mol. The summed E-state index contributed by atoms with van der Waals surface area (Å²) in [4.78, 5) is 21.8. The fourth-order valence-electron chi connectivity index (χ4n) is 4.04. The first kappa shape index (κ1) is 24.5. The third kappa shape index (κ3) is 5.92. The summed E-state index contributed by atoms with van der Waals surface area (Å²) < 4.78 is 24.1. The van der Waals surface area contributed by atoms with E-state index in [9.17, 15) is 14.4 Å². The normalized spacial score (nSPS) is 15.5. The minimum Gasteiger partial charge on any atom is -0.490 e. The number of hydrogen-bond acceptors (Lipinski definition) is 5. The molecule has 4 rings (SSSR count). The number of guanidine groups is 1. The van der Waals surface area contributed by atoms with Crippen LogP contribution in [0.5, 0.6) is 11.5 Å². The first-order valence-electron chi connectivity index (χ1n) is 11.1. The lowest BCUT2D eigenvalue weighted by atomic mass is 10.1. The van der Waals surface area contributed by atoms with Crippen molar-refractivity contribution in [2.24, 2.45) is 11.5 Å². The van der Waals surface area contributed by atoms with Gasteiger partial charge in [-0.3, -0.25) is 15.4 Å². The molecule has 1 heterocycles. The molecule has 1 aliphatic heterocycles. The van der Waals surface area contributed by atoms with E-state index in [4.69, 9.17) is 31.8 Å². The van der Waals surface area contributed by atoms with Crippen molar-refractivity contribution >= 4 is 30.2 Å². The zero-order valence-corrected chi connectivity index (χ0v) is 19.8. The number of rotatable bonds is 7. The largest absolute Gasteiger partial charge is 0.490 e. The number of nitrogens with two attached hydrogens (primary N) is 2. The first-order chi connectivity index (χ1) is 16.6. The summed E-state index contributed by atoms with van der Waals surface area (Å²) in [5.41, 5.74) is 12.0.